The van der Waals surface area contributed by atoms with Crippen LogP contribution in [0, 0.1) is 0 Å². The van der Waals surface area contributed by atoms with Gasteiger partial charge < -0.3 is 14.8 Å². The third kappa shape index (κ3) is 3.17. The highest BCUT2D eigenvalue weighted by Gasteiger charge is 2.19. The molecule has 0 spiro atoms. The molecule has 0 saturated heterocycles. The molecular weight excluding hydrogens is 382 g/mol. The van der Waals surface area contributed by atoms with Gasteiger partial charge in [0.25, 0.3) is 5.91 Å². The number of halogens is 1. The zero-order chi connectivity index (χ0) is 18.1. The maximum Gasteiger partial charge on any atom is 0.273 e. The first-order valence-electron chi connectivity index (χ1n) is 7.78. The van der Waals surface area contributed by atoms with Crippen molar-refractivity contribution in [2.45, 2.75) is 6.92 Å². The van der Waals surface area contributed by atoms with Crippen molar-refractivity contribution >= 4 is 50.0 Å². The summed E-state index contributed by atoms with van der Waals surface area (Å²) in [6, 6.07) is 15.0. The van der Waals surface area contributed by atoms with Crippen molar-refractivity contribution in [3.05, 3.63) is 58.7 Å². The Morgan fingerprint density at radius 1 is 1.08 bits per heavy atom. The quantitative estimate of drug-likeness (QED) is 0.718. The second-order valence-corrected chi connectivity index (χ2v) is 6.61. The maximum absolute atomic E-state index is 12.7. The number of hydrogen-bond acceptors (Lipinski definition) is 2. The molecule has 0 saturated carbocycles. The normalized spacial score (nSPS) is 10.7. The average molecular weight is 400 g/mol. The number of amides is 2. The number of benzene rings is 2. The molecule has 5 nitrogen and oxygen atoms in total. The summed E-state index contributed by atoms with van der Waals surface area (Å²) in [6.07, 6.45) is 0. The van der Waals surface area contributed by atoms with Crippen molar-refractivity contribution < 1.29 is 9.59 Å². The molecular formula is C19H18BrN3O2. The number of rotatable bonds is 3. The van der Waals surface area contributed by atoms with E-state index in [9.17, 15) is 9.59 Å². The summed E-state index contributed by atoms with van der Waals surface area (Å²) < 4.78 is 2.64. The molecule has 1 N–H and O–H groups in total. The molecule has 0 radical (unpaired) electrons. The van der Waals surface area contributed by atoms with Crippen molar-refractivity contribution in [2.75, 3.05) is 17.3 Å². The second-order valence-electron chi connectivity index (χ2n) is 5.82. The Balaban J connectivity index is 1.87. The molecule has 0 atom stereocenters. The van der Waals surface area contributed by atoms with Crippen molar-refractivity contribution in [3.63, 3.8) is 0 Å². The highest BCUT2D eigenvalue weighted by atomic mass is 79.9. The molecule has 2 amide bonds. The van der Waals surface area contributed by atoms with E-state index in [1.54, 1.807) is 36.2 Å². The Morgan fingerprint density at radius 3 is 2.32 bits per heavy atom. The molecule has 3 rings (SSSR count). The first-order chi connectivity index (χ1) is 11.9. The van der Waals surface area contributed by atoms with Gasteiger partial charge in [-0.25, -0.2) is 0 Å². The lowest BCUT2D eigenvalue weighted by atomic mass is 10.2. The maximum atomic E-state index is 12.7. The van der Waals surface area contributed by atoms with Crippen LogP contribution in [0.2, 0.25) is 0 Å². The summed E-state index contributed by atoms with van der Waals surface area (Å²) >= 11 is 3.54. The molecule has 1 aromatic heterocycles. The number of hydrogen-bond donors (Lipinski definition) is 1. The van der Waals surface area contributed by atoms with E-state index < -0.39 is 0 Å². The van der Waals surface area contributed by atoms with E-state index in [0.717, 1.165) is 21.1 Å². The molecule has 0 fully saturated rings. The van der Waals surface area contributed by atoms with Crippen molar-refractivity contribution in [1.29, 1.82) is 0 Å². The molecule has 25 heavy (non-hydrogen) atoms. The van der Waals surface area contributed by atoms with Crippen molar-refractivity contribution in [3.8, 4) is 0 Å². The monoisotopic (exact) mass is 399 g/mol. The lowest BCUT2D eigenvalue weighted by molar-refractivity contribution is -0.116. The lowest BCUT2D eigenvalue weighted by Gasteiger charge is -2.15. The van der Waals surface area contributed by atoms with E-state index in [4.69, 9.17) is 0 Å². The van der Waals surface area contributed by atoms with Crippen LogP contribution < -0.4 is 10.2 Å². The van der Waals surface area contributed by atoms with Gasteiger partial charge in [-0.2, -0.15) is 0 Å². The van der Waals surface area contributed by atoms with Crippen molar-refractivity contribution in [2.24, 2.45) is 7.05 Å². The minimum Gasteiger partial charge on any atom is -0.339 e. The number of anilines is 2. The van der Waals surface area contributed by atoms with E-state index in [2.05, 4.69) is 21.2 Å². The van der Waals surface area contributed by atoms with Crippen LogP contribution in [0.1, 0.15) is 17.4 Å². The Morgan fingerprint density at radius 2 is 1.72 bits per heavy atom. The predicted octanol–water partition coefficient (Wildman–Crippen LogP) is 4.18. The molecule has 128 valence electrons. The summed E-state index contributed by atoms with van der Waals surface area (Å²) in [7, 11) is 3.58. The Bertz CT molecular complexity index is 922. The Kier molecular flexibility index (Phi) is 4.63. The zero-order valence-corrected chi connectivity index (χ0v) is 15.8. The van der Waals surface area contributed by atoms with E-state index >= 15 is 0 Å². The number of nitrogens with one attached hydrogen (secondary N) is 1. The first kappa shape index (κ1) is 17.2. The Hall–Kier alpha value is -2.60. The fourth-order valence-electron chi connectivity index (χ4n) is 2.74. The molecule has 2 aromatic carbocycles. The fourth-order valence-corrected chi connectivity index (χ4v) is 3.52. The third-order valence-electron chi connectivity index (χ3n) is 4.25. The minimum absolute atomic E-state index is 0.0452. The highest BCUT2D eigenvalue weighted by molar-refractivity contribution is 9.10. The summed E-state index contributed by atoms with van der Waals surface area (Å²) in [4.78, 5) is 25.7. The van der Waals surface area contributed by atoms with Gasteiger partial charge in [0, 0.05) is 43.3 Å². The first-order valence-corrected chi connectivity index (χ1v) is 8.58. The molecule has 6 heteroatoms. The van der Waals surface area contributed by atoms with Crippen LogP contribution in [0.5, 0.6) is 0 Å². The molecule has 0 unspecified atom stereocenters. The lowest BCUT2D eigenvalue weighted by Crippen LogP contribution is -2.22. The van der Waals surface area contributed by atoms with Crippen LogP contribution in [0.3, 0.4) is 0 Å². The predicted molar refractivity (Wildman–Crippen MR) is 104 cm³/mol. The van der Waals surface area contributed by atoms with E-state index in [1.165, 1.54) is 6.92 Å². The molecule has 0 bridgehead atoms. The third-order valence-corrected chi connectivity index (χ3v) is 5.05. The SMILES string of the molecule is CC(=O)N(C)c1ccc(NC(=O)c2c(Br)c3ccccc3n2C)cc1. The van der Waals surface area contributed by atoms with Gasteiger partial charge in [0.15, 0.2) is 0 Å². The zero-order valence-electron chi connectivity index (χ0n) is 14.2. The van der Waals surface area contributed by atoms with Gasteiger partial charge in [-0.1, -0.05) is 18.2 Å². The van der Waals surface area contributed by atoms with Crippen LogP contribution >= 0.6 is 15.9 Å². The van der Waals surface area contributed by atoms with Crippen molar-refractivity contribution in [1.82, 2.24) is 4.57 Å². The standard InChI is InChI=1S/C19H18BrN3O2/c1-12(24)22(2)14-10-8-13(9-11-14)21-19(25)18-17(20)15-6-4-5-7-16(15)23(18)3/h4-11H,1-3H3,(H,21,25). The number of carbonyl (C=O) groups excluding carboxylic acids is 2. The number of aromatic nitrogens is 1. The van der Waals surface area contributed by atoms with Gasteiger partial charge in [-0.05, 0) is 46.3 Å². The molecule has 0 aliphatic rings. The van der Waals surface area contributed by atoms with Gasteiger partial charge in [-0.15, -0.1) is 0 Å². The summed E-state index contributed by atoms with van der Waals surface area (Å²) in [5, 5.41) is 3.90. The second kappa shape index (κ2) is 6.72. The average Bonchev–Trinajstić information content (AvgIpc) is 2.86. The van der Waals surface area contributed by atoms with E-state index in [0.29, 0.717) is 11.4 Å². The number of fused-ring (bicyclic) bond motifs is 1. The van der Waals surface area contributed by atoms with Crippen LogP contribution in [-0.2, 0) is 11.8 Å². The van der Waals surface area contributed by atoms with E-state index in [-0.39, 0.29) is 11.8 Å². The minimum atomic E-state index is -0.196. The molecule has 1 heterocycles. The van der Waals surface area contributed by atoms with Gasteiger partial charge in [0.2, 0.25) is 5.91 Å². The summed E-state index contributed by atoms with van der Waals surface area (Å²) in [5.74, 6) is -0.241. The molecule has 3 aromatic rings. The van der Waals surface area contributed by atoms with Crippen LogP contribution in [-0.4, -0.2) is 23.4 Å². The topological polar surface area (TPSA) is 54.3 Å². The van der Waals surface area contributed by atoms with Crippen LogP contribution in [0.4, 0.5) is 11.4 Å². The highest BCUT2D eigenvalue weighted by Crippen LogP contribution is 2.30. The van der Waals surface area contributed by atoms with Gasteiger partial charge in [0.05, 0.1) is 4.47 Å². The van der Waals surface area contributed by atoms with Gasteiger partial charge >= 0.3 is 0 Å². The van der Waals surface area contributed by atoms with Crippen LogP contribution in [0.25, 0.3) is 10.9 Å². The fraction of sp³-hybridized carbons (Fsp3) is 0.158. The number of carbonyl (C=O) groups is 2. The smallest absolute Gasteiger partial charge is 0.273 e. The van der Waals surface area contributed by atoms with E-state index in [1.807, 2.05) is 35.9 Å². The van der Waals surface area contributed by atoms with Crippen LogP contribution in [0.15, 0.2) is 53.0 Å². The summed E-state index contributed by atoms with van der Waals surface area (Å²) in [6.45, 7) is 1.51. The number of nitrogens with zero attached hydrogens (tertiary/aromatic N) is 2. The van der Waals surface area contributed by atoms with Gasteiger partial charge in [0.1, 0.15) is 5.69 Å². The number of aryl methyl sites for hydroxylation is 1. The Labute approximate surface area is 154 Å². The molecule has 0 aliphatic heterocycles. The largest absolute Gasteiger partial charge is 0.339 e. The molecule has 0 aliphatic carbocycles. The summed E-state index contributed by atoms with van der Waals surface area (Å²) in [5.41, 5.74) is 2.99. The van der Waals surface area contributed by atoms with Gasteiger partial charge in [-0.3, -0.25) is 9.59 Å². The number of para-hydroxylation sites is 1.